The molecule has 2 unspecified atom stereocenters. The van der Waals surface area contributed by atoms with Crippen LogP contribution in [0, 0.1) is 5.92 Å². The van der Waals surface area contributed by atoms with Gasteiger partial charge in [-0.2, -0.15) is 0 Å². The average molecular weight is 275 g/mol. The van der Waals surface area contributed by atoms with Gasteiger partial charge in [0.05, 0.1) is 12.0 Å². The van der Waals surface area contributed by atoms with Gasteiger partial charge in [0.2, 0.25) is 5.91 Å². The molecule has 1 aliphatic rings. The molecule has 0 radical (unpaired) electrons. The topological polar surface area (TPSA) is 57.6 Å². The summed E-state index contributed by atoms with van der Waals surface area (Å²) in [6, 6.07) is 7.51. The number of carbonyl (C=O) groups excluding carboxylic acids is 1. The van der Waals surface area contributed by atoms with Crippen molar-refractivity contribution in [2.24, 2.45) is 5.92 Å². The summed E-state index contributed by atoms with van der Waals surface area (Å²) in [4.78, 5) is 25.4. The fourth-order valence-electron chi connectivity index (χ4n) is 3.11. The first-order valence-electron chi connectivity index (χ1n) is 7.20. The molecule has 4 heteroatoms. The zero-order valence-electron chi connectivity index (χ0n) is 12.0. The normalized spacial score (nSPS) is 22.9. The zero-order valence-corrected chi connectivity index (χ0v) is 12.0. The monoisotopic (exact) mass is 275 g/mol. The van der Waals surface area contributed by atoms with Crippen molar-refractivity contribution in [2.75, 3.05) is 6.54 Å². The van der Waals surface area contributed by atoms with Gasteiger partial charge in [0, 0.05) is 13.0 Å². The standard InChI is InChI=1S/C16H21NO3/c1-3-11-7-5-6-8-12(11)15-13(16(19)20)9-10-14(18)17(15)4-2/h5-8,13,15H,3-4,9-10H2,1-2H3,(H,19,20). The highest BCUT2D eigenvalue weighted by atomic mass is 16.4. The number of carboxylic acids is 1. The lowest BCUT2D eigenvalue weighted by Crippen LogP contribution is -2.45. The molecule has 2 rings (SSSR count). The Morgan fingerprint density at radius 1 is 1.35 bits per heavy atom. The molecular formula is C16H21NO3. The molecule has 1 aromatic carbocycles. The van der Waals surface area contributed by atoms with Crippen LogP contribution in [0.15, 0.2) is 24.3 Å². The number of hydrogen-bond acceptors (Lipinski definition) is 2. The van der Waals surface area contributed by atoms with Gasteiger partial charge in [0.15, 0.2) is 0 Å². The van der Waals surface area contributed by atoms with Crippen molar-refractivity contribution < 1.29 is 14.7 Å². The fraction of sp³-hybridized carbons (Fsp3) is 0.500. The number of nitrogens with zero attached hydrogens (tertiary/aromatic N) is 1. The van der Waals surface area contributed by atoms with Crippen molar-refractivity contribution in [1.82, 2.24) is 4.90 Å². The van der Waals surface area contributed by atoms with Gasteiger partial charge in [-0.15, -0.1) is 0 Å². The minimum absolute atomic E-state index is 0.0564. The third-order valence-electron chi connectivity index (χ3n) is 4.12. The van der Waals surface area contributed by atoms with Gasteiger partial charge in [-0.05, 0) is 30.9 Å². The summed E-state index contributed by atoms with van der Waals surface area (Å²) in [6.07, 6.45) is 1.59. The molecule has 1 fully saturated rings. The number of hydrogen-bond donors (Lipinski definition) is 1. The number of carboxylic acid groups (broad SMARTS) is 1. The highest BCUT2D eigenvalue weighted by molar-refractivity contribution is 5.81. The number of benzene rings is 1. The SMILES string of the molecule is CCc1ccccc1C1C(C(=O)O)CCC(=O)N1CC. The molecule has 0 spiro atoms. The van der Waals surface area contributed by atoms with Crippen molar-refractivity contribution in [2.45, 2.75) is 39.2 Å². The summed E-state index contributed by atoms with van der Waals surface area (Å²) >= 11 is 0. The van der Waals surface area contributed by atoms with Crippen LogP contribution in [-0.2, 0) is 16.0 Å². The third kappa shape index (κ3) is 2.55. The Labute approximate surface area is 119 Å². The second-order valence-corrected chi connectivity index (χ2v) is 5.16. The predicted molar refractivity (Wildman–Crippen MR) is 76.3 cm³/mol. The molecule has 4 nitrogen and oxygen atoms in total. The smallest absolute Gasteiger partial charge is 0.308 e. The first-order valence-corrected chi connectivity index (χ1v) is 7.20. The minimum atomic E-state index is -0.813. The second kappa shape index (κ2) is 6.07. The lowest BCUT2D eigenvalue weighted by molar-refractivity contribution is -0.151. The zero-order chi connectivity index (χ0) is 14.7. The van der Waals surface area contributed by atoms with E-state index in [1.54, 1.807) is 4.90 Å². The Morgan fingerprint density at radius 2 is 2.05 bits per heavy atom. The van der Waals surface area contributed by atoms with Crippen LogP contribution in [0.5, 0.6) is 0 Å². The molecule has 1 amide bonds. The molecule has 0 saturated carbocycles. The average Bonchev–Trinajstić information content (AvgIpc) is 2.46. The second-order valence-electron chi connectivity index (χ2n) is 5.16. The summed E-state index contributed by atoms with van der Waals surface area (Å²) in [6.45, 7) is 4.50. The Kier molecular flexibility index (Phi) is 4.42. The minimum Gasteiger partial charge on any atom is -0.481 e. The number of amides is 1. The fourth-order valence-corrected chi connectivity index (χ4v) is 3.11. The molecule has 1 aliphatic heterocycles. The van der Waals surface area contributed by atoms with Crippen LogP contribution in [0.3, 0.4) is 0 Å². The molecule has 2 atom stereocenters. The number of aliphatic carboxylic acids is 1. The Bertz CT molecular complexity index is 510. The van der Waals surface area contributed by atoms with E-state index in [1.165, 1.54) is 0 Å². The van der Waals surface area contributed by atoms with E-state index in [2.05, 4.69) is 6.92 Å². The van der Waals surface area contributed by atoms with E-state index in [0.29, 0.717) is 19.4 Å². The summed E-state index contributed by atoms with van der Waals surface area (Å²) < 4.78 is 0. The van der Waals surface area contributed by atoms with Crippen LogP contribution < -0.4 is 0 Å². The van der Waals surface area contributed by atoms with Gasteiger partial charge in [0.1, 0.15) is 0 Å². The van der Waals surface area contributed by atoms with E-state index in [1.807, 2.05) is 31.2 Å². The number of piperidine rings is 1. The van der Waals surface area contributed by atoms with Crippen LogP contribution in [-0.4, -0.2) is 28.4 Å². The summed E-state index contributed by atoms with van der Waals surface area (Å²) in [7, 11) is 0. The molecule has 1 N–H and O–H groups in total. The summed E-state index contributed by atoms with van der Waals surface area (Å²) in [5, 5.41) is 9.50. The van der Waals surface area contributed by atoms with Gasteiger partial charge in [0.25, 0.3) is 0 Å². The first-order chi connectivity index (χ1) is 9.60. The Morgan fingerprint density at radius 3 is 2.65 bits per heavy atom. The van der Waals surface area contributed by atoms with E-state index in [9.17, 15) is 14.7 Å². The highest BCUT2D eigenvalue weighted by Crippen LogP contribution is 2.38. The van der Waals surface area contributed by atoms with Crippen LogP contribution in [0.2, 0.25) is 0 Å². The Balaban J connectivity index is 2.49. The van der Waals surface area contributed by atoms with Crippen LogP contribution in [0.4, 0.5) is 0 Å². The maximum atomic E-state index is 12.1. The van der Waals surface area contributed by atoms with Gasteiger partial charge in [-0.25, -0.2) is 0 Å². The lowest BCUT2D eigenvalue weighted by Gasteiger charge is -2.40. The third-order valence-corrected chi connectivity index (χ3v) is 4.12. The number of carbonyl (C=O) groups is 2. The largest absolute Gasteiger partial charge is 0.481 e. The predicted octanol–water partition coefficient (Wildman–Crippen LogP) is 2.63. The van der Waals surface area contributed by atoms with E-state index in [-0.39, 0.29) is 11.9 Å². The van der Waals surface area contributed by atoms with E-state index in [0.717, 1.165) is 17.5 Å². The van der Waals surface area contributed by atoms with Crippen LogP contribution in [0.1, 0.15) is 43.9 Å². The molecule has 108 valence electrons. The van der Waals surface area contributed by atoms with Crippen LogP contribution in [0.25, 0.3) is 0 Å². The number of aryl methyl sites for hydroxylation is 1. The number of rotatable bonds is 4. The summed E-state index contributed by atoms with van der Waals surface area (Å²) in [5.41, 5.74) is 2.11. The van der Waals surface area contributed by atoms with Gasteiger partial charge in [-0.1, -0.05) is 31.2 Å². The molecule has 1 heterocycles. The molecule has 1 saturated heterocycles. The van der Waals surface area contributed by atoms with E-state index >= 15 is 0 Å². The van der Waals surface area contributed by atoms with Crippen LogP contribution >= 0.6 is 0 Å². The highest BCUT2D eigenvalue weighted by Gasteiger charge is 2.40. The molecule has 20 heavy (non-hydrogen) atoms. The van der Waals surface area contributed by atoms with Gasteiger partial charge >= 0.3 is 5.97 Å². The quantitative estimate of drug-likeness (QED) is 0.919. The molecule has 0 bridgehead atoms. The van der Waals surface area contributed by atoms with Crippen molar-refractivity contribution in [3.05, 3.63) is 35.4 Å². The van der Waals surface area contributed by atoms with Crippen molar-refractivity contribution in [3.63, 3.8) is 0 Å². The Hall–Kier alpha value is -1.84. The lowest BCUT2D eigenvalue weighted by atomic mass is 9.82. The summed E-state index contributed by atoms with van der Waals surface area (Å²) in [5.74, 6) is -1.27. The molecule has 0 aliphatic carbocycles. The first kappa shape index (κ1) is 14.6. The molecular weight excluding hydrogens is 254 g/mol. The number of likely N-dealkylation sites (tertiary alicyclic amines) is 1. The van der Waals surface area contributed by atoms with Gasteiger partial charge < -0.3 is 10.0 Å². The van der Waals surface area contributed by atoms with Crippen molar-refractivity contribution in [3.8, 4) is 0 Å². The van der Waals surface area contributed by atoms with E-state index in [4.69, 9.17) is 0 Å². The van der Waals surface area contributed by atoms with E-state index < -0.39 is 11.9 Å². The van der Waals surface area contributed by atoms with Gasteiger partial charge in [-0.3, -0.25) is 9.59 Å². The van der Waals surface area contributed by atoms with Crippen molar-refractivity contribution in [1.29, 1.82) is 0 Å². The molecule has 0 aromatic heterocycles. The maximum absolute atomic E-state index is 12.1. The molecule has 1 aromatic rings. The van der Waals surface area contributed by atoms with Crippen molar-refractivity contribution >= 4 is 11.9 Å². The maximum Gasteiger partial charge on any atom is 0.308 e.